The van der Waals surface area contributed by atoms with Gasteiger partial charge in [-0.2, -0.15) is 12.1 Å². The first-order chi connectivity index (χ1) is 14.4. The molecule has 0 fully saturated rings. The molecule has 0 saturated carbocycles. The van der Waals surface area contributed by atoms with Crippen LogP contribution in [0.15, 0.2) is 48.5 Å². The average molecular weight is 593 g/mol. The van der Waals surface area contributed by atoms with Gasteiger partial charge in [0.05, 0.1) is 0 Å². The second-order valence-electron chi connectivity index (χ2n) is 8.42. The van der Waals surface area contributed by atoms with Crippen LogP contribution in [0.25, 0.3) is 21.5 Å². The summed E-state index contributed by atoms with van der Waals surface area (Å²) in [5.41, 5.74) is 8.54. The van der Waals surface area contributed by atoms with Crippen molar-refractivity contribution in [2.75, 3.05) is 0 Å². The summed E-state index contributed by atoms with van der Waals surface area (Å²) in [4.78, 5) is 0. The van der Waals surface area contributed by atoms with E-state index < -0.39 is 0 Å². The van der Waals surface area contributed by atoms with Crippen molar-refractivity contribution in [2.45, 2.75) is 67.2 Å². The molecule has 0 aliphatic rings. The Morgan fingerprint density at radius 2 is 0.941 bits per heavy atom. The van der Waals surface area contributed by atoms with Gasteiger partial charge in [0.2, 0.25) is 0 Å². The molecule has 0 aromatic heterocycles. The van der Waals surface area contributed by atoms with Gasteiger partial charge in [0, 0.05) is 0 Å². The van der Waals surface area contributed by atoms with Crippen LogP contribution in [0.2, 0.25) is 0 Å². The van der Waals surface area contributed by atoms with Crippen molar-refractivity contribution in [3.8, 4) is 0 Å². The van der Waals surface area contributed by atoms with Gasteiger partial charge in [-0.05, 0) is 26.7 Å². The molecule has 0 spiro atoms. The van der Waals surface area contributed by atoms with E-state index in [9.17, 15) is 0 Å². The van der Waals surface area contributed by atoms with E-state index >= 15 is 0 Å². The third-order valence-corrected chi connectivity index (χ3v) is 5.43. The van der Waals surface area contributed by atoms with Crippen LogP contribution in [0.3, 0.4) is 0 Å². The van der Waals surface area contributed by atoms with E-state index in [0.29, 0.717) is 0 Å². The average Bonchev–Trinajstić information content (AvgIpc) is 3.25. The SMILES string of the molecule is CCCc1cc(C)cc2[cH-]c(C)cc12.CCCc1cc(C)cc2[cH-]c(C)cc12.Cl.Cl.[CH3-].[CH3-].[Si]=[Zr]. The molecule has 4 rings (SSSR count). The topological polar surface area (TPSA) is 0 Å². The Morgan fingerprint density at radius 3 is 1.24 bits per heavy atom. The summed E-state index contributed by atoms with van der Waals surface area (Å²) < 4.78 is 0. The summed E-state index contributed by atoms with van der Waals surface area (Å²) in [6.45, 7) is 16.2. The predicted octanol–water partition coefficient (Wildman–Crippen LogP) is 9.62. The first-order valence-electron chi connectivity index (χ1n) is 11.0. The van der Waals surface area contributed by atoms with Gasteiger partial charge in [0.15, 0.2) is 0 Å². The molecular formula is C30H42Cl2SiZr-4. The molecule has 0 nitrogen and oxygen atoms in total. The fourth-order valence-electron chi connectivity index (χ4n) is 4.38. The Bertz CT molecular complexity index is 1020. The molecule has 0 aliphatic heterocycles. The summed E-state index contributed by atoms with van der Waals surface area (Å²) >= 11 is 1.36. The Morgan fingerprint density at radius 1 is 0.618 bits per heavy atom. The van der Waals surface area contributed by atoms with Crippen molar-refractivity contribution < 1.29 is 23.3 Å². The number of fused-ring (bicyclic) bond motifs is 2. The minimum absolute atomic E-state index is 0. The molecule has 34 heavy (non-hydrogen) atoms. The summed E-state index contributed by atoms with van der Waals surface area (Å²) in [6, 6.07) is 18.4. The van der Waals surface area contributed by atoms with E-state index in [1.807, 2.05) is 0 Å². The van der Waals surface area contributed by atoms with Crippen LogP contribution in [0, 0.1) is 42.5 Å². The molecule has 0 unspecified atom stereocenters. The molecule has 4 aromatic carbocycles. The van der Waals surface area contributed by atoms with Crippen LogP contribution in [-0.4, -0.2) is 6.88 Å². The molecule has 0 amide bonds. The zero-order valence-corrected chi connectivity index (χ0v) is 27.4. The first-order valence-corrected chi connectivity index (χ1v) is 15.2. The number of halogens is 2. The van der Waals surface area contributed by atoms with Gasteiger partial charge in [-0.15, -0.1) is 81.8 Å². The third kappa shape index (κ3) is 10.1. The van der Waals surface area contributed by atoms with Crippen molar-refractivity contribution >= 4 is 53.2 Å². The Hall–Kier alpha value is -0.660. The molecular weight excluding hydrogens is 551 g/mol. The van der Waals surface area contributed by atoms with E-state index in [0.717, 1.165) is 0 Å². The number of rotatable bonds is 4. The standard InChI is InChI=1S/2C14H17.2CH3.2ClH.Si.Zr/c2*1-4-5-12-6-10(2)7-13-8-11(3)9-14(12)13;;;;;;/h2*6-9H,4-5H2,1-3H3;2*1H3;2*1H;;/q4*-1;;;;. The van der Waals surface area contributed by atoms with Crippen molar-refractivity contribution in [1.82, 2.24) is 0 Å². The zero-order chi connectivity index (χ0) is 22.3. The molecule has 0 N–H and O–H groups in total. The molecule has 0 saturated heterocycles. The van der Waals surface area contributed by atoms with E-state index in [1.54, 1.807) is 0 Å². The van der Waals surface area contributed by atoms with Crippen LogP contribution >= 0.6 is 24.8 Å². The molecule has 4 heteroatoms. The Labute approximate surface area is 239 Å². The van der Waals surface area contributed by atoms with Gasteiger partial charge in [0.25, 0.3) is 0 Å². The second-order valence-corrected chi connectivity index (χ2v) is 8.42. The van der Waals surface area contributed by atoms with Crippen molar-refractivity contribution in [3.05, 3.63) is 96.8 Å². The van der Waals surface area contributed by atoms with Crippen LogP contribution in [0.1, 0.15) is 60.1 Å². The predicted molar refractivity (Wildman–Crippen MR) is 159 cm³/mol. The fourth-order valence-corrected chi connectivity index (χ4v) is 4.38. The van der Waals surface area contributed by atoms with Crippen molar-refractivity contribution in [1.29, 1.82) is 0 Å². The molecule has 4 aromatic rings. The van der Waals surface area contributed by atoms with Crippen molar-refractivity contribution in [3.63, 3.8) is 0 Å². The van der Waals surface area contributed by atoms with E-state index in [4.69, 9.17) is 0 Å². The number of benzene rings is 2. The van der Waals surface area contributed by atoms with Crippen LogP contribution in [0.4, 0.5) is 0 Å². The molecule has 0 bridgehead atoms. The van der Waals surface area contributed by atoms with Gasteiger partial charge in [-0.1, -0.05) is 74.9 Å². The monoisotopic (exact) mass is 590 g/mol. The normalized spacial score (nSPS) is 9.21. The molecule has 0 heterocycles. The molecule has 0 aliphatic carbocycles. The Kier molecular flexibility index (Phi) is 20.7. The molecule has 2 radical (unpaired) electrons. The fraction of sp³-hybridized carbons (Fsp3) is 0.333. The number of hydrogen-bond donors (Lipinski definition) is 0. The number of hydrogen-bond acceptors (Lipinski definition) is 0. The van der Waals surface area contributed by atoms with E-state index in [-0.39, 0.29) is 39.7 Å². The maximum atomic E-state index is 3.06. The van der Waals surface area contributed by atoms with Gasteiger partial charge in [-0.3, -0.25) is 0 Å². The summed E-state index contributed by atoms with van der Waals surface area (Å²) in [7, 11) is 0. The van der Waals surface area contributed by atoms with E-state index in [2.05, 4.69) is 97.0 Å². The minimum atomic E-state index is 0. The summed E-state index contributed by atoms with van der Waals surface area (Å²) in [5.74, 6) is 0. The number of aryl methyl sites for hydroxylation is 6. The summed E-state index contributed by atoms with van der Waals surface area (Å²) in [6.07, 6.45) is 4.84. The second kappa shape index (κ2) is 18.6. The third-order valence-electron chi connectivity index (χ3n) is 5.43. The summed E-state index contributed by atoms with van der Waals surface area (Å²) in [5, 5.41) is 5.72. The van der Waals surface area contributed by atoms with Gasteiger partial charge >= 0.3 is 30.2 Å². The quantitative estimate of drug-likeness (QED) is 0.163. The van der Waals surface area contributed by atoms with Gasteiger partial charge in [-0.25, -0.2) is 0 Å². The van der Waals surface area contributed by atoms with Crippen LogP contribution < -0.4 is 0 Å². The zero-order valence-electron chi connectivity index (χ0n) is 22.3. The van der Waals surface area contributed by atoms with Crippen LogP contribution in [0.5, 0.6) is 0 Å². The molecule has 188 valence electrons. The Balaban J connectivity index is -0.000000475. The molecule has 0 atom stereocenters. The van der Waals surface area contributed by atoms with Crippen LogP contribution in [-0.2, 0) is 36.2 Å². The van der Waals surface area contributed by atoms with Crippen molar-refractivity contribution in [2.24, 2.45) is 0 Å². The first kappa shape index (κ1) is 37.9. The van der Waals surface area contributed by atoms with E-state index in [1.165, 1.54) is 104 Å². The van der Waals surface area contributed by atoms with Gasteiger partial charge in [0.1, 0.15) is 0 Å². The maximum absolute atomic E-state index is 3.06. The van der Waals surface area contributed by atoms with Gasteiger partial charge < -0.3 is 14.9 Å².